The van der Waals surface area contributed by atoms with Crippen molar-refractivity contribution in [3.05, 3.63) is 58.6 Å². The summed E-state index contributed by atoms with van der Waals surface area (Å²) in [5.41, 5.74) is 5.96. The van der Waals surface area contributed by atoms with Crippen LogP contribution in [0.2, 0.25) is 0 Å². The van der Waals surface area contributed by atoms with Crippen molar-refractivity contribution in [1.29, 1.82) is 0 Å². The van der Waals surface area contributed by atoms with Crippen LogP contribution in [0.4, 0.5) is 11.4 Å². The molecule has 0 fully saturated rings. The molecule has 0 spiro atoms. The Morgan fingerprint density at radius 3 is 2.50 bits per heavy atom. The molecule has 8 nitrogen and oxygen atoms in total. The Balaban J connectivity index is 1.91. The molecule has 0 saturated heterocycles. The Kier molecular flexibility index (Phi) is 6.98. The highest BCUT2D eigenvalue weighted by atomic mass is 32.2. The summed E-state index contributed by atoms with van der Waals surface area (Å²) in [6.07, 6.45) is 0.605. The summed E-state index contributed by atoms with van der Waals surface area (Å²) in [7, 11) is -4.00. The van der Waals surface area contributed by atoms with Crippen molar-refractivity contribution in [3.63, 3.8) is 0 Å². The molecule has 140 valence electrons. The summed E-state index contributed by atoms with van der Waals surface area (Å²) in [5.74, 6) is 0.720. The van der Waals surface area contributed by atoms with Gasteiger partial charge in [0.25, 0.3) is 5.69 Å². The zero-order chi connectivity index (χ0) is 19.2. The number of benzene rings is 2. The zero-order valence-electron chi connectivity index (χ0n) is 13.9. The predicted octanol–water partition coefficient (Wildman–Crippen LogP) is 2.16. The smallest absolute Gasteiger partial charge is 0.293 e. The molecule has 5 N–H and O–H groups in total. The van der Waals surface area contributed by atoms with Gasteiger partial charge in [-0.05, 0) is 30.7 Å². The molecule has 2 aromatic carbocycles. The van der Waals surface area contributed by atoms with Crippen LogP contribution in [0.1, 0.15) is 6.42 Å². The quantitative estimate of drug-likeness (QED) is 0.335. The molecule has 0 saturated carbocycles. The van der Waals surface area contributed by atoms with E-state index < -0.39 is 14.9 Å². The monoisotopic (exact) mass is 396 g/mol. The average molecular weight is 396 g/mol. The molecule has 0 bridgehead atoms. The van der Waals surface area contributed by atoms with Crippen LogP contribution in [0.15, 0.2) is 58.3 Å². The van der Waals surface area contributed by atoms with E-state index >= 15 is 0 Å². The molecule has 2 rings (SSSR count). The Labute approximate surface area is 156 Å². The van der Waals surface area contributed by atoms with Crippen molar-refractivity contribution in [3.8, 4) is 0 Å². The SMILES string of the molecule is N[C@H](CCNc1ccc(S(N)(=O)=O)cc1[N+](=O)[O-])CSc1ccccc1. The first-order chi connectivity index (χ1) is 12.3. The molecule has 0 unspecified atom stereocenters. The van der Waals surface area contributed by atoms with Gasteiger partial charge in [-0.15, -0.1) is 11.8 Å². The second-order valence-electron chi connectivity index (χ2n) is 5.58. The molecule has 0 heterocycles. The van der Waals surface area contributed by atoms with Crippen LogP contribution in [-0.4, -0.2) is 31.7 Å². The minimum Gasteiger partial charge on any atom is -0.379 e. The number of thioether (sulfide) groups is 1. The Hall–Kier alpha value is -2.14. The van der Waals surface area contributed by atoms with Gasteiger partial charge in [-0.3, -0.25) is 10.1 Å². The zero-order valence-corrected chi connectivity index (χ0v) is 15.5. The summed E-state index contributed by atoms with van der Waals surface area (Å²) in [4.78, 5) is 11.3. The summed E-state index contributed by atoms with van der Waals surface area (Å²) >= 11 is 1.65. The lowest BCUT2D eigenvalue weighted by atomic mass is 10.2. The van der Waals surface area contributed by atoms with Gasteiger partial charge in [0, 0.05) is 29.3 Å². The highest BCUT2D eigenvalue weighted by Crippen LogP contribution is 2.27. The van der Waals surface area contributed by atoms with Crippen LogP contribution in [0, 0.1) is 10.1 Å². The van der Waals surface area contributed by atoms with Gasteiger partial charge in [-0.1, -0.05) is 18.2 Å². The molecule has 0 aliphatic heterocycles. The normalized spacial score (nSPS) is 12.5. The summed E-state index contributed by atoms with van der Waals surface area (Å²) in [5, 5.41) is 19.1. The van der Waals surface area contributed by atoms with Crippen LogP contribution >= 0.6 is 11.8 Å². The number of nitro benzene ring substituents is 1. The van der Waals surface area contributed by atoms with Gasteiger partial charge in [0.2, 0.25) is 10.0 Å². The molecule has 1 atom stereocenters. The molecule has 0 radical (unpaired) electrons. The van der Waals surface area contributed by atoms with Gasteiger partial charge in [-0.2, -0.15) is 0 Å². The maximum atomic E-state index is 11.3. The second kappa shape index (κ2) is 8.99. The number of nitro groups is 1. The van der Waals surface area contributed by atoms with Crippen molar-refractivity contribution in [2.75, 3.05) is 17.6 Å². The van der Waals surface area contributed by atoms with Crippen molar-refractivity contribution in [1.82, 2.24) is 0 Å². The summed E-state index contributed by atoms with van der Waals surface area (Å²) in [6, 6.07) is 13.3. The van der Waals surface area contributed by atoms with E-state index in [9.17, 15) is 18.5 Å². The van der Waals surface area contributed by atoms with Gasteiger partial charge in [0.05, 0.1) is 9.82 Å². The first-order valence-electron chi connectivity index (χ1n) is 7.76. The number of hydrogen-bond acceptors (Lipinski definition) is 7. The second-order valence-corrected chi connectivity index (χ2v) is 8.24. The molecule has 0 aliphatic carbocycles. The van der Waals surface area contributed by atoms with E-state index in [1.54, 1.807) is 11.8 Å². The average Bonchev–Trinajstić information content (AvgIpc) is 2.60. The molecule has 26 heavy (non-hydrogen) atoms. The van der Waals surface area contributed by atoms with Gasteiger partial charge in [0.15, 0.2) is 0 Å². The first kappa shape index (κ1) is 20.2. The first-order valence-corrected chi connectivity index (χ1v) is 10.3. The fraction of sp³-hybridized carbons (Fsp3) is 0.250. The van der Waals surface area contributed by atoms with E-state index in [4.69, 9.17) is 10.9 Å². The lowest BCUT2D eigenvalue weighted by Gasteiger charge is -2.13. The van der Waals surface area contributed by atoms with Gasteiger partial charge >= 0.3 is 0 Å². The largest absolute Gasteiger partial charge is 0.379 e. The number of rotatable bonds is 9. The van der Waals surface area contributed by atoms with E-state index in [0.717, 1.165) is 16.7 Å². The third-order valence-corrected chi connectivity index (χ3v) is 5.64. The topological polar surface area (TPSA) is 141 Å². The van der Waals surface area contributed by atoms with Crippen LogP contribution < -0.4 is 16.2 Å². The van der Waals surface area contributed by atoms with Crippen LogP contribution in [0.25, 0.3) is 0 Å². The number of anilines is 1. The third kappa shape index (κ3) is 5.99. The van der Waals surface area contributed by atoms with Crippen LogP contribution in [-0.2, 0) is 10.0 Å². The minimum atomic E-state index is -4.00. The molecule has 2 aromatic rings. The van der Waals surface area contributed by atoms with Crippen LogP contribution in [0.3, 0.4) is 0 Å². The number of nitrogens with one attached hydrogen (secondary N) is 1. The highest BCUT2D eigenvalue weighted by molar-refractivity contribution is 7.99. The van der Waals surface area contributed by atoms with Crippen molar-refractivity contribution in [2.24, 2.45) is 10.9 Å². The predicted molar refractivity (Wildman–Crippen MR) is 103 cm³/mol. The molecular weight excluding hydrogens is 376 g/mol. The third-order valence-electron chi connectivity index (χ3n) is 3.53. The number of nitrogens with zero attached hydrogens (tertiary/aromatic N) is 1. The fourth-order valence-corrected chi connectivity index (χ4v) is 3.64. The number of hydrogen-bond donors (Lipinski definition) is 3. The van der Waals surface area contributed by atoms with E-state index in [0.29, 0.717) is 13.0 Å². The number of primary sulfonamides is 1. The highest BCUT2D eigenvalue weighted by Gasteiger charge is 2.19. The van der Waals surface area contributed by atoms with E-state index in [-0.39, 0.29) is 22.3 Å². The van der Waals surface area contributed by atoms with Crippen molar-refractivity contribution in [2.45, 2.75) is 22.3 Å². The van der Waals surface area contributed by atoms with Gasteiger partial charge in [-0.25, -0.2) is 13.6 Å². The van der Waals surface area contributed by atoms with E-state index in [1.165, 1.54) is 12.1 Å². The van der Waals surface area contributed by atoms with E-state index in [1.807, 2.05) is 30.3 Å². The lowest BCUT2D eigenvalue weighted by Crippen LogP contribution is -2.26. The van der Waals surface area contributed by atoms with Crippen molar-refractivity contribution >= 4 is 33.2 Å². The Morgan fingerprint density at radius 1 is 1.19 bits per heavy atom. The Morgan fingerprint density at radius 2 is 1.88 bits per heavy atom. The minimum absolute atomic E-state index is 0.0875. The number of nitrogens with two attached hydrogens (primary N) is 2. The molecule has 0 aliphatic rings. The van der Waals surface area contributed by atoms with Gasteiger partial charge < -0.3 is 11.1 Å². The maximum absolute atomic E-state index is 11.3. The summed E-state index contributed by atoms with van der Waals surface area (Å²) in [6.45, 7) is 0.423. The lowest BCUT2D eigenvalue weighted by molar-refractivity contribution is -0.384. The molecule has 10 heteroatoms. The standard InChI is InChI=1S/C16H20N4O4S2/c17-12(11-25-13-4-2-1-3-5-13)8-9-19-15-7-6-14(26(18,23)24)10-16(15)20(21)22/h1-7,10,12,19H,8-9,11,17H2,(H2,18,23,24)/t12-/m1/s1. The van der Waals surface area contributed by atoms with Crippen LogP contribution in [0.5, 0.6) is 0 Å². The molecule has 0 aromatic heterocycles. The molecular formula is C16H20N4O4S2. The molecule has 0 amide bonds. The number of sulfonamides is 1. The maximum Gasteiger partial charge on any atom is 0.293 e. The summed E-state index contributed by atoms with van der Waals surface area (Å²) < 4.78 is 22.7. The van der Waals surface area contributed by atoms with Gasteiger partial charge in [0.1, 0.15) is 5.69 Å². The van der Waals surface area contributed by atoms with Crippen molar-refractivity contribution < 1.29 is 13.3 Å². The fourth-order valence-electron chi connectivity index (χ4n) is 2.18. The Bertz CT molecular complexity index is 860. The van der Waals surface area contributed by atoms with E-state index in [2.05, 4.69) is 5.32 Å².